The van der Waals surface area contributed by atoms with Crippen LogP contribution in [0.25, 0.3) is 0 Å². The number of hydrogen-bond donors (Lipinski definition) is 2. The number of halogens is 2. The number of carbonyl (C=O) groups excluding carboxylic acids is 1. The smallest absolute Gasteiger partial charge is 0.243 e. The lowest BCUT2D eigenvalue weighted by Crippen LogP contribution is -2.22. The SMILES string of the molecule is O=C(CNc1ccc(Cl)cc1)Nc1cc2c(cc1Br)OCCO2. The van der Waals surface area contributed by atoms with E-state index in [1.54, 1.807) is 24.3 Å². The highest BCUT2D eigenvalue weighted by Gasteiger charge is 2.16. The summed E-state index contributed by atoms with van der Waals surface area (Å²) in [6.07, 6.45) is 0. The van der Waals surface area contributed by atoms with Gasteiger partial charge in [0.2, 0.25) is 5.91 Å². The van der Waals surface area contributed by atoms with Crippen molar-refractivity contribution >= 4 is 44.8 Å². The summed E-state index contributed by atoms with van der Waals surface area (Å²) in [5.74, 6) is 1.12. The fourth-order valence-corrected chi connectivity index (χ4v) is 2.65. The highest BCUT2D eigenvalue weighted by atomic mass is 79.9. The molecule has 0 saturated carbocycles. The van der Waals surface area contributed by atoms with Crippen LogP contribution in [0.3, 0.4) is 0 Å². The van der Waals surface area contributed by atoms with Crippen molar-refractivity contribution in [2.24, 2.45) is 0 Å². The quantitative estimate of drug-likeness (QED) is 0.821. The van der Waals surface area contributed by atoms with Gasteiger partial charge in [-0.05, 0) is 40.2 Å². The molecule has 1 aliphatic heterocycles. The monoisotopic (exact) mass is 396 g/mol. The van der Waals surface area contributed by atoms with Crippen molar-refractivity contribution in [3.63, 3.8) is 0 Å². The van der Waals surface area contributed by atoms with Gasteiger partial charge in [0, 0.05) is 27.3 Å². The highest BCUT2D eigenvalue weighted by molar-refractivity contribution is 9.10. The van der Waals surface area contributed by atoms with Gasteiger partial charge in [-0.1, -0.05) is 11.6 Å². The number of benzene rings is 2. The average Bonchev–Trinajstić information content (AvgIpc) is 2.55. The topological polar surface area (TPSA) is 59.6 Å². The molecule has 0 atom stereocenters. The molecule has 2 aromatic rings. The second-order valence-electron chi connectivity index (χ2n) is 4.88. The Morgan fingerprint density at radius 2 is 1.78 bits per heavy atom. The Balaban J connectivity index is 1.62. The number of ether oxygens (including phenoxy) is 2. The number of fused-ring (bicyclic) bond motifs is 1. The van der Waals surface area contributed by atoms with Crippen molar-refractivity contribution in [1.29, 1.82) is 0 Å². The number of amides is 1. The fraction of sp³-hybridized carbons (Fsp3) is 0.188. The maximum Gasteiger partial charge on any atom is 0.243 e. The molecular weight excluding hydrogens is 384 g/mol. The van der Waals surface area contributed by atoms with Crippen molar-refractivity contribution in [3.05, 3.63) is 45.9 Å². The molecular formula is C16H14BrClN2O3. The lowest BCUT2D eigenvalue weighted by atomic mass is 10.2. The average molecular weight is 398 g/mol. The van der Waals surface area contributed by atoms with Crippen molar-refractivity contribution in [3.8, 4) is 11.5 Å². The molecule has 23 heavy (non-hydrogen) atoms. The van der Waals surface area contributed by atoms with Gasteiger partial charge in [0.1, 0.15) is 13.2 Å². The summed E-state index contributed by atoms with van der Waals surface area (Å²) in [5, 5.41) is 6.52. The van der Waals surface area contributed by atoms with Crippen LogP contribution < -0.4 is 20.1 Å². The molecule has 1 amide bonds. The summed E-state index contributed by atoms with van der Waals surface area (Å²) in [6, 6.07) is 10.7. The Morgan fingerprint density at radius 1 is 1.13 bits per heavy atom. The van der Waals surface area contributed by atoms with Crippen molar-refractivity contribution in [1.82, 2.24) is 0 Å². The van der Waals surface area contributed by atoms with Gasteiger partial charge >= 0.3 is 0 Å². The lowest BCUT2D eigenvalue weighted by molar-refractivity contribution is -0.114. The van der Waals surface area contributed by atoms with E-state index in [-0.39, 0.29) is 12.5 Å². The van der Waals surface area contributed by atoms with E-state index in [1.807, 2.05) is 12.1 Å². The van der Waals surface area contributed by atoms with Crippen LogP contribution in [0.4, 0.5) is 11.4 Å². The molecule has 1 aliphatic rings. The van der Waals surface area contributed by atoms with Crippen LogP contribution in [-0.2, 0) is 4.79 Å². The maximum atomic E-state index is 12.1. The minimum absolute atomic E-state index is 0.141. The Hall–Kier alpha value is -1.92. The molecule has 0 spiro atoms. The number of nitrogens with one attached hydrogen (secondary N) is 2. The Kier molecular flexibility index (Phi) is 4.93. The first-order valence-electron chi connectivity index (χ1n) is 7.00. The van der Waals surface area contributed by atoms with Crippen LogP contribution in [-0.4, -0.2) is 25.7 Å². The number of carbonyl (C=O) groups is 1. The normalized spacial score (nSPS) is 12.6. The van der Waals surface area contributed by atoms with Gasteiger partial charge in [-0.2, -0.15) is 0 Å². The molecule has 0 aromatic heterocycles. The molecule has 3 rings (SSSR count). The van der Waals surface area contributed by atoms with Crippen molar-refractivity contribution in [2.75, 3.05) is 30.4 Å². The zero-order valence-corrected chi connectivity index (χ0v) is 14.4. The summed E-state index contributed by atoms with van der Waals surface area (Å²) in [6.45, 7) is 1.17. The van der Waals surface area contributed by atoms with Crippen LogP contribution in [0.15, 0.2) is 40.9 Å². The third-order valence-corrected chi connectivity index (χ3v) is 4.11. The Bertz CT molecular complexity index is 722. The van der Waals surface area contributed by atoms with Gasteiger partial charge < -0.3 is 20.1 Å². The maximum absolute atomic E-state index is 12.1. The summed E-state index contributed by atoms with van der Waals surface area (Å²) >= 11 is 9.25. The second kappa shape index (κ2) is 7.10. The molecule has 0 saturated heterocycles. The Morgan fingerprint density at radius 3 is 2.48 bits per heavy atom. The minimum atomic E-state index is -0.169. The lowest BCUT2D eigenvalue weighted by Gasteiger charge is -2.20. The Labute approximate surface area is 147 Å². The van der Waals surface area contributed by atoms with Crippen LogP contribution in [0.2, 0.25) is 5.02 Å². The van der Waals surface area contributed by atoms with Gasteiger partial charge in [0.15, 0.2) is 11.5 Å². The first-order chi connectivity index (χ1) is 11.1. The van der Waals surface area contributed by atoms with Gasteiger partial charge in [0.25, 0.3) is 0 Å². The third-order valence-electron chi connectivity index (χ3n) is 3.20. The summed E-state index contributed by atoms with van der Waals surface area (Å²) in [5.41, 5.74) is 1.46. The standard InChI is InChI=1S/C16H14BrClN2O3/c17-12-7-14-15(23-6-5-22-14)8-13(12)20-16(21)9-19-11-3-1-10(18)2-4-11/h1-4,7-8,19H,5-6,9H2,(H,20,21). The second-order valence-corrected chi connectivity index (χ2v) is 6.18. The van der Waals surface area contributed by atoms with Gasteiger partial charge in [0.05, 0.1) is 12.2 Å². The summed E-state index contributed by atoms with van der Waals surface area (Å²) < 4.78 is 11.7. The molecule has 1 heterocycles. The third kappa shape index (κ3) is 4.09. The number of rotatable bonds is 4. The van der Waals surface area contributed by atoms with E-state index < -0.39 is 0 Å². The fourth-order valence-electron chi connectivity index (χ4n) is 2.10. The number of hydrogen-bond acceptors (Lipinski definition) is 4. The molecule has 2 N–H and O–H groups in total. The largest absolute Gasteiger partial charge is 0.486 e. The molecule has 120 valence electrons. The first kappa shape index (κ1) is 16.0. The van der Waals surface area contributed by atoms with E-state index in [4.69, 9.17) is 21.1 Å². The van der Waals surface area contributed by atoms with E-state index in [2.05, 4.69) is 26.6 Å². The predicted octanol–water partition coefficient (Wildman–Crippen LogP) is 3.92. The first-order valence-corrected chi connectivity index (χ1v) is 8.17. The zero-order chi connectivity index (χ0) is 16.2. The highest BCUT2D eigenvalue weighted by Crippen LogP contribution is 2.38. The molecule has 0 bridgehead atoms. The van der Waals surface area contributed by atoms with E-state index in [0.29, 0.717) is 35.4 Å². The molecule has 0 aliphatic carbocycles. The summed E-state index contributed by atoms with van der Waals surface area (Å²) in [4.78, 5) is 12.1. The van der Waals surface area contributed by atoms with E-state index in [0.717, 1.165) is 10.2 Å². The van der Waals surface area contributed by atoms with Crippen LogP contribution in [0.5, 0.6) is 11.5 Å². The van der Waals surface area contributed by atoms with Crippen LogP contribution in [0.1, 0.15) is 0 Å². The number of anilines is 2. The van der Waals surface area contributed by atoms with Crippen molar-refractivity contribution < 1.29 is 14.3 Å². The van der Waals surface area contributed by atoms with Gasteiger partial charge in [-0.25, -0.2) is 0 Å². The van der Waals surface area contributed by atoms with Crippen LogP contribution in [0, 0.1) is 0 Å². The zero-order valence-electron chi connectivity index (χ0n) is 12.1. The summed E-state index contributed by atoms with van der Waals surface area (Å²) in [7, 11) is 0. The van der Waals surface area contributed by atoms with E-state index in [9.17, 15) is 4.79 Å². The molecule has 0 fully saturated rings. The molecule has 2 aromatic carbocycles. The molecule has 5 nitrogen and oxygen atoms in total. The van der Waals surface area contributed by atoms with Gasteiger partial charge in [-0.3, -0.25) is 4.79 Å². The van der Waals surface area contributed by atoms with E-state index >= 15 is 0 Å². The predicted molar refractivity (Wildman–Crippen MR) is 93.7 cm³/mol. The van der Waals surface area contributed by atoms with Gasteiger partial charge in [-0.15, -0.1) is 0 Å². The van der Waals surface area contributed by atoms with Crippen LogP contribution >= 0.6 is 27.5 Å². The molecule has 7 heteroatoms. The molecule has 0 radical (unpaired) electrons. The van der Waals surface area contributed by atoms with Crippen molar-refractivity contribution in [2.45, 2.75) is 0 Å². The van der Waals surface area contributed by atoms with E-state index in [1.165, 1.54) is 0 Å². The molecule has 0 unspecified atom stereocenters. The minimum Gasteiger partial charge on any atom is -0.486 e.